The van der Waals surface area contributed by atoms with Crippen molar-refractivity contribution in [1.82, 2.24) is 0 Å². The van der Waals surface area contributed by atoms with Gasteiger partial charge in [0, 0.05) is 17.0 Å². The van der Waals surface area contributed by atoms with Gasteiger partial charge in [-0.15, -0.1) is 0 Å². The Bertz CT molecular complexity index is 931. The number of rotatable bonds is 2. The number of carbonyl (C=O) groups excluding carboxylic acids is 2. The first-order valence-corrected chi connectivity index (χ1v) is 9.01. The summed E-state index contributed by atoms with van der Waals surface area (Å²) in [6, 6.07) is 13.2. The second-order valence-electron chi connectivity index (χ2n) is 8.27. The first-order valence-electron chi connectivity index (χ1n) is 9.01. The third-order valence-electron chi connectivity index (χ3n) is 5.68. The quantitative estimate of drug-likeness (QED) is 0.759. The Labute approximate surface area is 157 Å². The van der Waals surface area contributed by atoms with E-state index >= 15 is 0 Å². The van der Waals surface area contributed by atoms with E-state index in [1.54, 1.807) is 17.0 Å². The summed E-state index contributed by atoms with van der Waals surface area (Å²) in [5.74, 6) is -1.01. The molecule has 1 saturated carbocycles. The molecule has 5 heteroatoms. The van der Waals surface area contributed by atoms with Gasteiger partial charge in [-0.05, 0) is 29.3 Å². The van der Waals surface area contributed by atoms with Crippen LogP contribution in [0.25, 0.3) is 0 Å². The monoisotopic (exact) mass is 367 g/mol. The molecule has 4 rings (SSSR count). The molecular weight excluding hydrogens is 345 g/mol. The van der Waals surface area contributed by atoms with E-state index in [0.717, 1.165) is 11.3 Å². The number of benzene rings is 2. The minimum absolute atomic E-state index is 0.0460. The molecule has 1 aliphatic heterocycles. The molecule has 3 atom stereocenters. The van der Waals surface area contributed by atoms with Gasteiger partial charge in [0.1, 0.15) is 11.2 Å². The molecule has 0 unspecified atom stereocenters. The molecule has 1 fully saturated rings. The van der Waals surface area contributed by atoms with Crippen LogP contribution in [-0.2, 0) is 19.7 Å². The standard InChI is InChI=1S/C22H22FNO3/c1-21(2,3)19(25)24-16-8-6-5-7-15(16)17-18(24)22(17,20(26)27-4)13-9-11-14(23)12-10-13/h5-12,17-18H,1-4H3/t17-,18+,22+/m1/s1. The molecule has 0 saturated heterocycles. The van der Waals surface area contributed by atoms with Crippen LogP contribution in [0.3, 0.4) is 0 Å². The zero-order valence-electron chi connectivity index (χ0n) is 15.8. The molecule has 0 spiro atoms. The molecule has 1 amide bonds. The van der Waals surface area contributed by atoms with E-state index in [1.807, 2.05) is 45.0 Å². The van der Waals surface area contributed by atoms with Gasteiger partial charge < -0.3 is 9.64 Å². The molecule has 1 aliphatic carbocycles. The molecule has 140 valence electrons. The summed E-state index contributed by atoms with van der Waals surface area (Å²) in [6.45, 7) is 5.60. The number of hydrogen-bond donors (Lipinski definition) is 0. The van der Waals surface area contributed by atoms with Gasteiger partial charge in [-0.25, -0.2) is 4.39 Å². The third kappa shape index (κ3) is 2.27. The minimum atomic E-state index is -1.00. The van der Waals surface area contributed by atoms with Crippen molar-refractivity contribution in [1.29, 1.82) is 0 Å². The zero-order valence-corrected chi connectivity index (χ0v) is 15.8. The Balaban J connectivity index is 1.91. The molecule has 2 aromatic carbocycles. The third-order valence-corrected chi connectivity index (χ3v) is 5.68. The predicted octanol–water partition coefficient (Wildman–Crippen LogP) is 3.80. The van der Waals surface area contributed by atoms with E-state index in [4.69, 9.17) is 4.74 Å². The summed E-state index contributed by atoms with van der Waals surface area (Å²) in [4.78, 5) is 28.0. The maximum absolute atomic E-state index is 13.5. The summed E-state index contributed by atoms with van der Waals surface area (Å²) in [5.41, 5.74) is 0.864. The molecule has 0 N–H and O–H groups in total. The van der Waals surface area contributed by atoms with Gasteiger partial charge in [0.05, 0.1) is 13.2 Å². The number of amides is 1. The molecule has 0 radical (unpaired) electrons. The van der Waals surface area contributed by atoms with E-state index < -0.39 is 16.8 Å². The molecule has 4 nitrogen and oxygen atoms in total. The Morgan fingerprint density at radius 1 is 1.07 bits per heavy atom. The predicted molar refractivity (Wildman–Crippen MR) is 100 cm³/mol. The molecule has 0 aromatic heterocycles. The highest BCUT2D eigenvalue weighted by molar-refractivity contribution is 6.07. The number of methoxy groups -OCH3 is 1. The Hall–Kier alpha value is -2.69. The van der Waals surface area contributed by atoms with Crippen molar-refractivity contribution in [2.45, 2.75) is 38.1 Å². The Kier molecular flexibility index (Phi) is 3.71. The van der Waals surface area contributed by atoms with Crippen molar-refractivity contribution in [3.63, 3.8) is 0 Å². The van der Waals surface area contributed by atoms with Crippen molar-refractivity contribution in [3.8, 4) is 0 Å². The van der Waals surface area contributed by atoms with Crippen molar-refractivity contribution in [2.75, 3.05) is 12.0 Å². The molecular formula is C22H22FNO3. The summed E-state index contributed by atoms with van der Waals surface area (Å²) >= 11 is 0. The van der Waals surface area contributed by atoms with Crippen LogP contribution in [0.5, 0.6) is 0 Å². The number of hydrogen-bond acceptors (Lipinski definition) is 3. The second-order valence-corrected chi connectivity index (χ2v) is 8.27. The summed E-state index contributed by atoms with van der Waals surface area (Å²) in [6.07, 6.45) is 0. The topological polar surface area (TPSA) is 46.6 Å². The minimum Gasteiger partial charge on any atom is -0.468 e. The van der Waals surface area contributed by atoms with Gasteiger partial charge >= 0.3 is 5.97 Å². The van der Waals surface area contributed by atoms with Crippen LogP contribution < -0.4 is 4.90 Å². The lowest BCUT2D eigenvalue weighted by Gasteiger charge is -2.32. The van der Waals surface area contributed by atoms with E-state index in [-0.39, 0.29) is 23.7 Å². The van der Waals surface area contributed by atoms with Crippen LogP contribution in [0.1, 0.15) is 37.8 Å². The Morgan fingerprint density at radius 2 is 1.70 bits per heavy atom. The lowest BCUT2D eigenvalue weighted by Crippen LogP contribution is -2.45. The molecule has 2 aliphatic rings. The zero-order chi connectivity index (χ0) is 19.6. The fourth-order valence-corrected chi connectivity index (χ4v) is 4.46. The molecule has 2 aromatic rings. The largest absolute Gasteiger partial charge is 0.468 e. The van der Waals surface area contributed by atoms with Crippen molar-refractivity contribution in [3.05, 3.63) is 65.5 Å². The van der Waals surface area contributed by atoms with Gasteiger partial charge in [0.2, 0.25) is 5.91 Å². The van der Waals surface area contributed by atoms with Crippen LogP contribution in [0.2, 0.25) is 0 Å². The number of carbonyl (C=O) groups is 2. The number of fused-ring (bicyclic) bond motifs is 3. The van der Waals surface area contributed by atoms with Crippen molar-refractivity contribution < 1.29 is 18.7 Å². The maximum Gasteiger partial charge on any atom is 0.319 e. The van der Waals surface area contributed by atoms with Crippen LogP contribution in [0.15, 0.2) is 48.5 Å². The Morgan fingerprint density at radius 3 is 2.30 bits per heavy atom. The summed E-state index contributed by atoms with van der Waals surface area (Å²) in [7, 11) is 1.35. The van der Waals surface area contributed by atoms with E-state index in [0.29, 0.717) is 5.56 Å². The van der Waals surface area contributed by atoms with Gasteiger partial charge in [-0.3, -0.25) is 9.59 Å². The lowest BCUT2D eigenvalue weighted by molar-refractivity contribution is -0.144. The highest BCUT2D eigenvalue weighted by Gasteiger charge is 2.78. The highest BCUT2D eigenvalue weighted by atomic mass is 19.1. The maximum atomic E-state index is 13.5. The fourth-order valence-electron chi connectivity index (χ4n) is 4.46. The van der Waals surface area contributed by atoms with Gasteiger partial charge in [-0.2, -0.15) is 0 Å². The number of esters is 1. The van der Waals surface area contributed by atoms with Gasteiger partial charge in [-0.1, -0.05) is 51.1 Å². The summed E-state index contributed by atoms with van der Waals surface area (Å²) in [5, 5.41) is 0. The molecule has 27 heavy (non-hydrogen) atoms. The van der Waals surface area contributed by atoms with Crippen LogP contribution in [0, 0.1) is 11.2 Å². The highest BCUT2D eigenvalue weighted by Crippen LogP contribution is 2.70. The number of ether oxygens (including phenoxy) is 1. The fraction of sp³-hybridized carbons (Fsp3) is 0.364. The average Bonchev–Trinajstić information content (AvgIpc) is 3.19. The van der Waals surface area contributed by atoms with Crippen molar-refractivity contribution in [2.24, 2.45) is 5.41 Å². The van der Waals surface area contributed by atoms with Crippen molar-refractivity contribution >= 4 is 17.6 Å². The van der Waals surface area contributed by atoms with Crippen LogP contribution >= 0.6 is 0 Å². The lowest BCUT2D eigenvalue weighted by atomic mass is 9.87. The molecule has 0 bridgehead atoms. The molecule has 1 heterocycles. The first-order chi connectivity index (χ1) is 12.7. The van der Waals surface area contributed by atoms with Crippen LogP contribution in [-0.4, -0.2) is 25.0 Å². The number of halogens is 1. The summed E-state index contributed by atoms with van der Waals surface area (Å²) < 4.78 is 18.6. The number of anilines is 1. The van der Waals surface area contributed by atoms with Gasteiger partial charge in [0.25, 0.3) is 0 Å². The second kappa shape index (κ2) is 5.65. The SMILES string of the molecule is COC(=O)[C@@]1(c2ccc(F)cc2)[C@@H]2c3ccccc3N(C(=O)C(C)(C)C)[C@@H]21. The van der Waals surface area contributed by atoms with Crippen LogP contribution in [0.4, 0.5) is 10.1 Å². The van der Waals surface area contributed by atoms with Gasteiger partial charge in [0.15, 0.2) is 0 Å². The number of para-hydroxylation sites is 1. The number of nitrogens with zero attached hydrogens (tertiary/aromatic N) is 1. The average molecular weight is 367 g/mol. The normalized spacial score (nSPS) is 25.6. The first kappa shape index (κ1) is 17.7. The smallest absolute Gasteiger partial charge is 0.319 e. The van der Waals surface area contributed by atoms with E-state index in [1.165, 1.54) is 19.2 Å². The van der Waals surface area contributed by atoms with E-state index in [2.05, 4.69) is 0 Å². The van der Waals surface area contributed by atoms with E-state index in [9.17, 15) is 14.0 Å².